The van der Waals surface area contributed by atoms with Gasteiger partial charge in [0.1, 0.15) is 5.92 Å². The van der Waals surface area contributed by atoms with Crippen LogP contribution in [0.4, 0.5) is 0 Å². The Morgan fingerprint density at radius 3 is 2.78 bits per heavy atom. The normalized spacial score (nSPS) is 33.6. The van der Waals surface area contributed by atoms with Gasteiger partial charge in [0.25, 0.3) is 0 Å². The van der Waals surface area contributed by atoms with Gasteiger partial charge in [-0.1, -0.05) is 0 Å². The molecule has 4 heteroatoms. The Hall–Kier alpha value is -1.08. The maximum Gasteiger partial charge on any atom is 0.238 e. The van der Waals surface area contributed by atoms with E-state index >= 15 is 0 Å². The van der Waals surface area contributed by atoms with Gasteiger partial charge in [0.2, 0.25) is 5.91 Å². The third-order valence-electron chi connectivity index (χ3n) is 1.29. The van der Waals surface area contributed by atoms with Crippen molar-refractivity contribution in [3.05, 3.63) is 0 Å². The van der Waals surface area contributed by atoms with Crippen LogP contribution in [-0.4, -0.2) is 12.1 Å². The number of nitriles is 1. The van der Waals surface area contributed by atoms with Crippen LogP contribution in [0.2, 0.25) is 0 Å². The van der Waals surface area contributed by atoms with E-state index in [9.17, 15) is 4.79 Å². The van der Waals surface area contributed by atoms with Crippen molar-refractivity contribution in [1.29, 1.82) is 5.26 Å². The minimum absolute atomic E-state index is 0.245. The second kappa shape index (κ2) is 2.03. The Labute approximate surface area is 52.6 Å². The van der Waals surface area contributed by atoms with Crippen LogP contribution in [0.3, 0.4) is 0 Å². The number of nitrogens with zero attached hydrogens (tertiary/aromatic N) is 1. The van der Waals surface area contributed by atoms with Gasteiger partial charge in [-0.05, 0) is 0 Å². The first-order chi connectivity index (χ1) is 4.24. The molecule has 0 aromatic heterocycles. The molecular weight excluding hydrogens is 118 g/mol. The SMILES string of the molecule is N#CC1CC(N)NC1=O. The first kappa shape index (κ1) is 6.05. The van der Waals surface area contributed by atoms with Crippen molar-refractivity contribution in [2.45, 2.75) is 12.6 Å². The Morgan fingerprint density at radius 1 is 1.89 bits per heavy atom. The molecule has 1 rings (SSSR count). The fourth-order valence-electron chi connectivity index (χ4n) is 0.815. The van der Waals surface area contributed by atoms with Crippen molar-refractivity contribution in [3.8, 4) is 6.07 Å². The highest BCUT2D eigenvalue weighted by atomic mass is 16.2. The van der Waals surface area contributed by atoms with Gasteiger partial charge in [0.15, 0.2) is 0 Å². The van der Waals surface area contributed by atoms with E-state index in [4.69, 9.17) is 11.0 Å². The van der Waals surface area contributed by atoms with Gasteiger partial charge in [0, 0.05) is 6.42 Å². The highest BCUT2D eigenvalue weighted by Crippen LogP contribution is 2.09. The molecule has 0 bridgehead atoms. The van der Waals surface area contributed by atoms with Crippen LogP contribution in [0.15, 0.2) is 0 Å². The van der Waals surface area contributed by atoms with E-state index in [1.807, 2.05) is 6.07 Å². The molecule has 0 aliphatic carbocycles. The van der Waals surface area contributed by atoms with Crippen molar-refractivity contribution in [2.75, 3.05) is 0 Å². The van der Waals surface area contributed by atoms with E-state index in [0.29, 0.717) is 6.42 Å². The fourth-order valence-corrected chi connectivity index (χ4v) is 0.815. The quantitative estimate of drug-likeness (QED) is 0.432. The van der Waals surface area contributed by atoms with Crippen LogP contribution in [-0.2, 0) is 4.79 Å². The Kier molecular flexibility index (Phi) is 1.37. The highest BCUT2D eigenvalue weighted by molar-refractivity contribution is 5.83. The third kappa shape index (κ3) is 1.00. The Balaban J connectivity index is 2.61. The zero-order chi connectivity index (χ0) is 6.85. The number of carbonyl (C=O) groups is 1. The van der Waals surface area contributed by atoms with Gasteiger partial charge in [-0.25, -0.2) is 0 Å². The summed E-state index contributed by atoms with van der Waals surface area (Å²) in [5.41, 5.74) is 5.31. The van der Waals surface area contributed by atoms with Gasteiger partial charge >= 0.3 is 0 Å². The summed E-state index contributed by atoms with van der Waals surface area (Å²) in [6.07, 6.45) is 0.122. The second-order valence-corrected chi connectivity index (χ2v) is 2.03. The molecular formula is C5H7N3O. The first-order valence-corrected chi connectivity index (χ1v) is 2.69. The van der Waals surface area contributed by atoms with Crippen molar-refractivity contribution in [3.63, 3.8) is 0 Å². The smallest absolute Gasteiger partial charge is 0.238 e. The minimum Gasteiger partial charge on any atom is -0.340 e. The Bertz CT molecular complexity index is 172. The maximum atomic E-state index is 10.6. The van der Waals surface area contributed by atoms with E-state index in [-0.39, 0.29) is 12.1 Å². The predicted octanol–water partition coefficient (Wildman–Crippen LogP) is -1.07. The molecule has 0 aromatic carbocycles. The molecule has 0 saturated carbocycles. The van der Waals surface area contributed by atoms with E-state index in [1.165, 1.54) is 0 Å². The summed E-state index contributed by atoms with van der Waals surface area (Å²) in [4.78, 5) is 10.6. The van der Waals surface area contributed by atoms with Gasteiger partial charge in [0.05, 0.1) is 12.2 Å². The molecule has 3 N–H and O–H groups in total. The standard InChI is InChI=1S/C5H7N3O/c6-2-3-1-4(7)8-5(3)9/h3-4H,1,7H2,(H,8,9). The van der Waals surface area contributed by atoms with Crippen molar-refractivity contribution in [2.24, 2.45) is 11.7 Å². The summed E-state index contributed by atoms with van der Waals surface area (Å²) in [6.45, 7) is 0. The van der Waals surface area contributed by atoms with Gasteiger partial charge in [-0.3, -0.25) is 4.79 Å². The lowest BCUT2D eigenvalue weighted by Crippen LogP contribution is -2.33. The van der Waals surface area contributed by atoms with Gasteiger partial charge in [-0.2, -0.15) is 5.26 Å². The topological polar surface area (TPSA) is 78.9 Å². The number of carbonyl (C=O) groups excluding carboxylic acids is 1. The average molecular weight is 125 g/mol. The molecule has 1 aliphatic heterocycles. The molecule has 0 spiro atoms. The molecule has 1 saturated heterocycles. The van der Waals surface area contributed by atoms with Crippen molar-refractivity contribution >= 4 is 5.91 Å². The number of hydrogen-bond donors (Lipinski definition) is 2. The van der Waals surface area contributed by atoms with Crippen LogP contribution >= 0.6 is 0 Å². The first-order valence-electron chi connectivity index (χ1n) is 2.69. The predicted molar refractivity (Wildman–Crippen MR) is 29.8 cm³/mol. The van der Waals surface area contributed by atoms with E-state index in [0.717, 1.165) is 0 Å². The number of nitrogens with two attached hydrogens (primary N) is 1. The molecule has 0 aromatic rings. The molecule has 4 nitrogen and oxygen atoms in total. The lowest BCUT2D eigenvalue weighted by molar-refractivity contribution is -0.121. The minimum atomic E-state index is -0.528. The van der Waals surface area contributed by atoms with Gasteiger partial charge in [-0.15, -0.1) is 0 Å². The monoisotopic (exact) mass is 125 g/mol. The van der Waals surface area contributed by atoms with Crippen LogP contribution in [0.25, 0.3) is 0 Å². The number of amides is 1. The van der Waals surface area contributed by atoms with Crippen LogP contribution in [0, 0.1) is 17.2 Å². The summed E-state index contributed by atoms with van der Waals surface area (Å²) in [6, 6.07) is 1.85. The summed E-state index contributed by atoms with van der Waals surface area (Å²) >= 11 is 0. The van der Waals surface area contributed by atoms with Crippen molar-refractivity contribution < 1.29 is 4.79 Å². The van der Waals surface area contributed by atoms with E-state index in [1.54, 1.807) is 0 Å². The lowest BCUT2D eigenvalue weighted by atomic mass is 10.1. The lowest BCUT2D eigenvalue weighted by Gasteiger charge is -1.96. The third-order valence-corrected chi connectivity index (χ3v) is 1.29. The number of hydrogen-bond acceptors (Lipinski definition) is 3. The maximum absolute atomic E-state index is 10.6. The number of rotatable bonds is 0. The molecule has 0 radical (unpaired) electrons. The summed E-state index contributed by atoms with van der Waals surface area (Å²) in [5, 5.41) is 10.7. The van der Waals surface area contributed by atoms with Gasteiger partial charge < -0.3 is 11.1 Å². The molecule has 9 heavy (non-hydrogen) atoms. The highest BCUT2D eigenvalue weighted by Gasteiger charge is 2.28. The van der Waals surface area contributed by atoms with Crippen LogP contribution in [0.5, 0.6) is 0 Å². The second-order valence-electron chi connectivity index (χ2n) is 2.03. The van der Waals surface area contributed by atoms with Crippen LogP contribution < -0.4 is 11.1 Å². The summed E-state index contributed by atoms with van der Waals surface area (Å²) in [5.74, 6) is -0.773. The van der Waals surface area contributed by atoms with E-state index in [2.05, 4.69) is 5.32 Å². The molecule has 2 unspecified atom stereocenters. The summed E-state index contributed by atoms with van der Waals surface area (Å²) < 4.78 is 0. The zero-order valence-corrected chi connectivity index (χ0v) is 4.79. The molecule has 1 amide bonds. The molecule has 1 fully saturated rings. The Morgan fingerprint density at radius 2 is 2.56 bits per heavy atom. The molecule has 48 valence electrons. The number of nitrogens with one attached hydrogen (secondary N) is 1. The summed E-state index contributed by atoms with van der Waals surface area (Å²) in [7, 11) is 0. The van der Waals surface area contributed by atoms with Crippen molar-refractivity contribution in [1.82, 2.24) is 5.32 Å². The van der Waals surface area contributed by atoms with Crippen LogP contribution in [0.1, 0.15) is 6.42 Å². The average Bonchev–Trinajstić information content (AvgIpc) is 2.10. The fraction of sp³-hybridized carbons (Fsp3) is 0.600. The molecule has 1 aliphatic rings. The van der Waals surface area contributed by atoms with E-state index < -0.39 is 5.92 Å². The molecule has 2 atom stereocenters. The molecule has 1 heterocycles. The largest absolute Gasteiger partial charge is 0.340 e. The zero-order valence-electron chi connectivity index (χ0n) is 4.79.